The van der Waals surface area contributed by atoms with Crippen LogP contribution in [0.4, 0.5) is 5.69 Å². The van der Waals surface area contributed by atoms with Crippen LogP contribution in [0.5, 0.6) is 5.75 Å². The average Bonchev–Trinajstić information content (AvgIpc) is 3.22. The second kappa shape index (κ2) is 8.58. The quantitative estimate of drug-likeness (QED) is 0.707. The Kier molecular flexibility index (Phi) is 6.20. The predicted molar refractivity (Wildman–Crippen MR) is 108 cm³/mol. The van der Waals surface area contributed by atoms with E-state index in [0.29, 0.717) is 0 Å². The highest BCUT2D eigenvalue weighted by Crippen LogP contribution is 2.34. The molecule has 0 aliphatic heterocycles. The maximum Gasteiger partial charge on any atom is 0.246 e. The Hall–Kier alpha value is -2.01. The number of nitrogens with one attached hydrogen (secondary N) is 2. The van der Waals surface area contributed by atoms with Gasteiger partial charge >= 0.3 is 0 Å². The van der Waals surface area contributed by atoms with Crippen molar-refractivity contribution in [2.75, 3.05) is 12.4 Å². The molecule has 1 aromatic heterocycles. The summed E-state index contributed by atoms with van der Waals surface area (Å²) in [5.74, 6) is 0.940. The minimum absolute atomic E-state index is 0.0824. The van der Waals surface area contributed by atoms with Crippen molar-refractivity contribution in [3.8, 4) is 5.75 Å². The zero-order valence-electron chi connectivity index (χ0n) is 15.6. The van der Waals surface area contributed by atoms with E-state index in [1.165, 1.54) is 11.3 Å². The van der Waals surface area contributed by atoms with Gasteiger partial charge in [-0.25, -0.2) is 0 Å². The molecule has 0 radical (unpaired) electrons. The van der Waals surface area contributed by atoms with Gasteiger partial charge in [0.15, 0.2) is 0 Å². The van der Waals surface area contributed by atoms with Crippen molar-refractivity contribution < 1.29 is 9.53 Å². The summed E-state index contributed by atoms with van der Waals surface area (Å²) >= 11 is 1.70. The van der Waals surface area contributed by atoms with Gasteiger partial charge in [0, 0.05) is 10.6 Å². The van der Waals surface area contributed by atoms with Crippen molar-refractivity contribution in [1.82, 2.24) is 5.32 Å². The lowest BCUT2D eigenvalue weighted by Gasteiger charge is -2.38. The Morgan fingerprint density at radius 2 is 1.92 bits per heavy atom. The molecule has 1 unspecified atom stereocenters. The van der Waals surface area contributed by atoms with Crippen molar-refractivity contribution in [2.45, 2.75) is 57.0 Å². The maximum absolute atomic E-state index is 13.3. The molecule has 1 aliphatic carbocycles. The van der Waals surface area contributed by atoms with Crippen LogP contribution in [0, 0.1) is 0 Å². The van der Waals surface area contributed by atoms with Crippen LogP contribution in [-0.4, -0.2) is 18.6 Å². The fourth-order valence-corrected chi connectivity index (χ4v) is 4.54. The molecule has 2 aromatic rings. The third-order valence-corrected chi connectivity index (χ3v) is 6.20. The fourth-order valence-electron chi connectivity index (χ4n) is 3.68. The normalized spacial score (nSPS) is 17.3. The highest BCUT2D eigenvalue weighted by atomic mass is 32.1. The molecule has 4 nitrogen and oxygen atoms in total. The van der Waals surface area contributed by atoms with Crippen LogP contribution in [-0.2, 0) is 4.79 Å². The van der Waals surface area contributed by atoms with Crippen molar-refractivity contribution in [1.29, 1.82) is 0 Å². The molecule has 140 valence electrons. The lowest BCUT2D eigenvalue weighted by Crippen LogP contribution is -2.54. The van der Waals surface area contributed by atoms with E-state index in [2.05, 4.69) is 29.0 Å². The van der Waals surface area contributed by atoms with Gasteiger partial charge in [0.1, 0.15) is 11.3 Å². The summed E-state index contributed by atoms with van der Waals surface area (Å²) in [7, 11) is 1.66. The van der Waals surface area contributed by atoms with Gasteiger partial charge in [0.05, 0.1) is 13.2 Å². The van der Waals surface area contributed by atoms with E-state index < -0.39 is 5.54 Å². The largest absolute Gasteiger partial charge is 0.497 e. The van der Waals surface area contributed by atoms with Gasteiger partial charge in [0.25, 0.3) is 0 Å². The monoisotopic (exact) mass is 372 g/mol. The number of hydrogen-bond donors (Lipinski definition) is 2. The van der Waals surface area contributed by atoms with Crippen LogP contribution in [0.2, 0.25) is 0 Å². The lowest BCUT2D eigenvalue weighted by molar-refractivity contribution is -0.127. The van der Waals surface area contributed by atoms with E-state index in [4.69, 9.17) is 4.74 Å². The van der Waals surface area contributed by atoms with Gasteiger partial charge in [-0.2, -0.15) is 0 Å². The Morgan fingerprint density at radius 1 is 1.19 bits per heavy atom. The Labute approximate surface area is 160 Å². The molecule has 1 aromatic carbocycles. The number of benzene rings is 1. The second-order valence-electron chi connectivity index (χ2n) is 6.95. The molecule has 1 saturated carbocycles. The van der Waals surface area contributed by atoms with Crippen molar-refractivity contribution in [2.24, 2.45) is 0 Å². The molecule has 26 heavy (non-hydrogen) atoms. The SMILES string of the molecule is CCC(NC(=O)C1(Nc2ccc(OC)cc2)CCCCC1)c1cccs1. The molecule has 2 N–H and O–H groups in total. The molecule has 3 rings (SSSR count). The average molecular weight is 373 g/mol. The molecule has 0 bridgehead atoms. The van der Waals surface area contributed by atoms with E-state index >= 15 is 0 Å². The van der Waals surface area contributed by atoms with Crippen LogP contribution >= 0.6 is 11.3 Å². The Morgan fingerprint density at radius 3 is 2.50 bits per heavy atom. The molecule has 1 amide bonds. The smallest absolute Gasteiger partial charge is 0.246 e. The van der Waals surface area contributed by atoms with E-state index in [0.717, 1.165) is 43.5 Å². The van der Waals surface area contributed by atoms with Gasteiger partial charge in [-0.1, -0.05) is 32.3 Å². The zero-order chi connectivity index (χ0) is 18.4. The summed E-state index contributed by atoms with van der Waals surface area (Å²) in [5.41, 5.74) is 0.435. The number of methoxy groups -OCH3 is 1. The summed E-state index contributed by atoms with van der Waals surface area (Å²) < 4.78 is 5.23. The van der Waals surface area contributed by atoms with Gasteiger partial charge in [-0.05, 0) is 55.0 Å². The summed E-state index contributed by atoms with van der Waals surface area (Å²) in [6.07, 6.45) is 5.97. The van der Waals surface area contributed by atoms with E-state index in [9.17, 15) is 4.79 Å². The van der Waals surface area contributed by atoms with Gasteiger partial charge < -0.3 is 15.4 Å². The van der Waals surface area contributed by atoms with E-state index in [-0.39, 0.29) is 11.9 Å². The highest BCUT2D eigenvalue weighted by molar-refractivity contribution is 7.10. The number of hydrogen-bond acceptors (Lipinski definition) is 4. The molecular weight excluding hydrogens is 344 g/mol. The Bertz CT molecular complexity index is 691. The third kappa shape index (κ3) is 4.21. The second-order valence-corrected chi connectivity index (χ2v) is 7.93. The molecule has 1 heterocycles. The minimum Gasteiger partial charge on any atom is -0.497 e. The molecule has 1 fully saturated rings. The number of anilines is 1. The first-order chi connectivity index (χ1) is 12.7. The van der Waals surface area contributed by atoms with Crippen molar-refractivity contribution in [3.63, 3.8) is 0 Å². The summed E-state index contributed by atoms with van der Waals surface area (Å²) in [5, 5.41) is 8.93. The first-order valence-corrected chi connectivity index (χ1v) is 10.3. The first-order valence-electron chi connectivity index (χ1n) is 9.43. The highest BCUT2D eigenvalue weighted by Gasteiger charge is 2.40. The number of rotatable bonds is 7. The van der Waals surface area contributed by atoms with Gasteiger partial charge in [0.2, 0.25) is 5.91 Å². The standard InChI is InChI=1S/C21H28N2O2S/c1-3-18(19-8-7-15-26-19)22-20(24)21(13-5-4-6-14-21)23-16-9-11-17(25-2)12-10-16/h7-12,15,18,23H,3-6,13-14H2,1-2H3,(H,22,24). The molecule has 5 heteroatoms. The number of carbonyl (C=O) groups is 1. The predicted octanol–water partition coefficient (Wildman–Crippen LogP) is 5.14. The maximum atomic E-state index is 13.3. The van der Waals surface area contributed by atoms with Crippen molar-refractivity contribution >= 4 is 22.9 Å². The zero-order valence-corrected chi connectivity index (χ0v) is 16.4. The summed E-state index contributed by atoms with van der Waals surface area (Å²) in [6, 6.07) is 12.1. The van der Waals surface area contributed by atoms with E-state index in [1.54, 1.807) is 18.4 Å². The third-order valence-electron chi connectivity index (χ3n) is 5.22. The summed E-state index contributed by atoms with van der Waals surface area (Å²) in [4.78, 5) is 14.5. The van der Waals surface area contributed by atoms with Crippen LogP contribution in [0.25, 0.3) is 0 Å². The minimum atomic E-state index is -0.530. The number of carbonyl (C=O) groups excluding carboxylic acids is 1. The molecule has 0 spiro atoms. The van der Waals surface area contributed by atoms with E-state index in [1.807, 2.05) is 30.3 Å². The molecule has 0 saturated heterocycles. The van der Waals surface area contributed by atoms with Gasteiger partial charge in [-0.15, -0.1) is 11.3 Å². The first kappa shape index (κ1) is 18.8. The fraction of sp³-hybridized carbons (Fsp3) is 0.476. The Balaban J connectivity index is 1.78. The van der Waals surface area contributed by atoms with Crippen LogP contribution in [0.1, 0.15) is 56.4 Å². The van der Waals surface area contributed by atoms with Crippen LogP contribution in [0.3, 0.4) is 0 Å². The molecular formula is C21H28N2O2S. The molecule has 1 atom stereocenters. The topological polar surface area (TPSA) is 50.4 Å². The van der Waals surface area contributed by atoms with Gasteiger partial charge in [-0.3, -0.25) is 4.79 Å². The van der Waals surface area contributed by atoms with Crippen LogP contribution < -0.4 is 15.4 Å². The summed E-state index contributed by atoms with van der Waals surface area (Å²) in [6.45, 7) is 2.12. The number of thiophene rings is 1. The van der Waals surface area contributed by atoms with Crippen LogP contribution in [0.15, 0.2) is 41.8 Å². The molecule has 1 aliphatic rings. The number of ether oxygens (including phenoxy) is 1. The number of amides is 1. The lowest BCUT2D eigenvalue weighted by atomic mass is 9.80. The van der Waals surface area contributed by atoms with Crippen molar-refractivity contribution in [3.05, 3.63) is 46.7 Å².